The highest BCUT2D eigenvalue weighted by molar-refractivity contribution is 6.34. The van der Waals surface area contributed by atoms with Crippen molar-refractivity contribution in [3.8, 4) is 0 Å². The standard InChI is InChI=1S/C36H33ClN6O4/c1-4-30-32(39-31-19-29(37)26(20-43(30)31)33(44)40-35-38-22-42(5-2)41-35)36(46,27-17-11-9-13-23(27)3)28-18-12-10-16-25(28)34(45)47-21-24-14-7-6-8-15-24/h6-20,22,46H,4-5,21H2,1-3H3,(H,40,41,44). The molecule has 1 amide bonds. The summed E-state index contributed by atoms with van der Waals surface area (Å²) in [6.07, 6.45) is 3.55. The predicted octanol–water partition coefficient (Wildman–Crippen LogP) is 6.36. The Balaban J connectivity index is 1.49. The van der Waals surface area contributed by atoms with E-state index in [1.807, 2.05) is 75.4 Å². The molecule has 0 aliphatic heterocycles. The number of hydrogen-bond acceptors (Lipinski definition) is 7. The molecule has 0 aliphatic rings. The fourth-order valence-corrected chi connectivity index (χ4v) is 5.97. The lowest BCUT2D eigenvalue weighted by molar-refractivity contribution is 0.0458. The van der Waals surface area contributed by atoms with Crippen molar-refractivity contribution in [2.45, 2.75) is 45.9 Å². The van der Waals surface area contributed by atoms with Crippen LogP contribution in [0.5, 0.6) is 0 Å². The van der Waals surface area contributed by atoms with E-state index in [1.54, 1.807) is 45.6 Å². The molecule has 0 saturated carbocycles. The molecule has 3 heterocycles. The molecule has 47 heavy (non-hydrogen) atoms. The summed E-state index contributed by atoms with van der Waals surface area (Å²) in [4.78, 5) is 36.0. The average Bonchev–Trinajstić information content (AvgIpc) is 3.70. The first-order chi connectivity index (χ1) is 22.7. The van der Waals surface area contributed by atoms with Crippen LogP contribution in [0.4, 0.5) is 5.95 Å². The Morgan fingerprint density at radius 3 is 2.36 bits per heavy atom. The van der Waals surface area contributed by atoms with Crippen LogP contribution in [0.25, 0.3) is 5.65 Å². The molecule has 3 aromatic carbocycles. The van der Waals surface area contributed by atoms with Crippen LogP contribution in [0.1, 0.15) is 68.2 Å². The summed E-state index contributed by atoms with van der Waals surface area (Å²) < 4.78 is 9.07. The quantitative estimate of drug-likeness (QED) is 0.166. The second kappa shape index (κ2) is 13.2. The number of nitrogens with zero attached hydrogens (tertiary/aromatic N) is 5. The molecule has 10 nitrogen and oxygen atoms in total. The fraction of sp³-hybridized carbons (Fsp3) is 0.194. The largest absolute Gasteiger partial charge is 0.457 e. The number of aromatic nitrogens is 5. The second-order valence-corrected chi connectivity index (χ2v) is 11.4. The van der Waals surface area contributed by atoms with Gasteiger partial charge in [0.15, 0.2) is 5.60 Å². The highest BCUT2D eigenvalue weighted by atomic mass is 35.5. The molecule has 0 saturated heterocycles. The van der Waals surface area contributed by atoms with Crippen LogP contribution < -0.4 is 5.32 Å². The van der Waals surface area contributed by atoms with Crippen molar-refractivity contribution in [2.24, 2.45) is 0 Å². The molecule has 0 spiro atoms. The molecule has 2 N–H and O–H groups in total. The van der Waals surface area contributed by atoms with E-state index in [0.29, 0.717) is 41.1 Å². The summed E-state index contributed by atoms with van der Waals surface area (Å²) in [5.74, 6) is -0.928. The SMILES string of the molecule is CCc1c(C(O)(c2ccccc2C)c2ccccc2C(=O)OCc2ccccc2)nc2cc(Cl)c(C(=O)Nc3ncn(CC)n3)cn12. The van der Waals surface area contributed by atoms with Crippen LogP contribution in [-0.4, -0.2) is 41.1 Å². The maximum atomic E-state index is 13.7. The Morgan fingerprint density at radius 1 is 0.957 bits per heavy atom. The molecule has 3 aromatic heterocycles. The third-order valence-corrected chi connectivity index (χ3v) is 8.41. The van der Waals surface area contributed by atoms with E-state index in [1.165, 1.54) is 6.33 Å². The number of hydrogen-bond donors (Lipinski definition) is 2. The van der Waals surface area contributed by atoms with Gasteiger partial charge in [0.1, 0.15) is 24.3 Å². The van der Waals surface area contributed by atoms with Gasteiger partial charge in [0, 0.05) is 30.1 Å². The van der Waals surface area contributed by atoms with E-state index in [4.69, 9.17) is 21.3 Å². The van der Waals surface area contributed by atoms with Gasteiger partial charge in [0.2, 0.25) is 5.95 Å². The first-order valence-corrected chi connectivity index (χ1v) is 15.6. The number of carbonyl (C=O) groups excluding carboxylic acids is 2. The van der Waals surface area contributed by atoms with Crippen molar-refractivity contribution < 1.29 is 19.4 Å². The van der Waals surface area contributed by atoms with E-state index in [2.05, 4.69) is 15.4 Å². The number of aryl methyl sites for hydroxylation is 3. The third kappa shape index (κ3) is 6.00. The summed E-state index contributed by atoms with van der Waals surface area (Å²) >= 11 is 6.64. The maximum Gasteiger partial charge on any atom is 0.338 e. The van der Waals surface area contributed by atoms with Gasteiger partial charge in [-0.25, -0.2) is 14.8 Å². The Kier molecular flexibility index (Phi) is 8.88. The smallest absolute Gasteiger partial charge is 0.338 e. The Morgan fingerprint density at radius 2 is 1.66 bits per heavy atom. The fourth-order valence-electron chi connectivity index (χ4n) is 5.74. The van der Waals surface area contributed by atoms with Gasteiger partial charge in [0.05, 0.1) is 16.1 Å². The van der Waals surface area contributed by atoms with Crippen molar-refractivity contribution in [1.82, 2.24) is 24.1 Å². The zero-order chi connectivity index (χ0) is 33.1. The molecule has 0 aliphatic carbocycles. The Hall–Kier alpha value is -5.32. The van der Waals surface area contributed by atoms with Crippen LogP contribution >= 0.6 is 11.6 Å². The Labute approximate surface area is 276 Å². The molecule has 6 aromatic rings. The van der Waals surface area contributed by atoms with Gasteiger partial charge < -0.3 is 14.2 Å². The van der Waals surface area contributed by atoms with Gasteiger partial charge in [-0.2, -0.15) is 0 Å². The van der Waals surface area contributed by atoms with Gasteiger partial charge in [-0.15, -0.1) is 5.10 Å². The van der Waals surface area contributed by atoms with Gasteiger partial charge in [-0.05, 0) is 43.0 Å². The summed E-state index contributed by atoms with van der Waals surface area (Å²) in [6.45, 7) is 6.41. The zero-order valence-electron chi connectivity index (χ0n) is 26.1. The normalized spacial score (nSPS) is 12.5. The zero-order valence-corrected chi connectivity index (χ0v) is 26.9. The van der Waals surface area contributed by atoms with Gasteiger partial charge in [0.25, 0.3) is 5.91 Å². The number of ether oxygens (including phenoxy) is 1. The van der Waals surface area contributed by atoms with Crippen molar-refractivity contribution >= 4 is 35.1 Å². The van der Waals surface area contributed by atoms with Crippen LogP contribution in [0.2, 0.25) is 5.02 Å². The van der Waals surface area contributed by atoms with E-state index >= 15 is 0 Å². The number of carbonyl (C=O) groups is 2. The molecule has 0 bridgehead atoms. The number of imidazole rings is 1. The second-order valence-electron chi connectivity index (χ2n) is 11.0. The molecule has 6 rings (SSSR count). The van der Waals surface area contributed by atoms with E-state index in [0.717, 1.165) is 11.1 Å². The predicted molar refractivity (Wildman–Crippen MR) is 179 cm³/mol. The number of nitrogens with one attached hydrogen (secondary N) is 1. The van der Waals surface area contributed by atoms with E-state index < -0.39 is 17.5 Å². The molecule has 0 fully saturated rings. The third-order valence-electron chi connectivity index (χ3n) is 8.10. The van der Waals surface area contributed by atoms with E-state index in [-0.39, 0.29) is 28.7 Å². The molecule has 1 atom stereocenters. The molecule has 1 unspecified atom stereocenters. The lowest BCUT2D eigenvalue weighted by atomic mass is 9.78. The summed E-state index contributed by atoms with van der Waals surface area (Å²) in [5, 5.41) is 20.2. The lowest BCUT2D eigenvalue weighted by Gasteiger charge is -2.31. The number of esters is 1. The van der Waals surface area contributed by atoms with Crippen molar-refractivity contribution in [2.75, 3.05) is 5.32 Å². The number of rotatable bonds is 10. The number of aliphatic hydroxyl groups is 1. The molecule has 0 radical (unpaired) electrons. The average molecular weight is 649 g/mol. The molecular formula is C36H33ClN6O4. The first-order valence-electron chi connectivity index (χ1n) is 15.2. The lowest BCUT2D eigenvalue weighted by Crippen LogP contribution is -2.33. The summed E-state index contributed by atoms with van der Waals surface area (Å²) in [5.41, 5.74) is 2.31. The van der Waals surface area contributed by atoms with Crippen LogP contribution in [0.3, 0.4) is 0 Å². The minimum Gasteiger partial charge on any atom is -0.457 e. The van der Waals surface area contributed by atoms with Crippen molar-refractivity contribution in [1.29, 1.82) is 0 Å². The summed E-state index contributed by atoms with van der Waals surface area (Å²) in [6, 6.07) is 25.3. The number of anilines is 1. The number of amides is 1. The first kappa shape index (κ1) is 31.7. The molecular weight excluding hydrogens is 616 g/mol. The van der Waals surface area contributed by atoms with Crippen molar-refractivity contribution in [3.05, 3.63) is 147 Å². The summed E-state index contributed by atoms with van der Waals surface area (Å²) in [7, 11) is 0. The minimum atomic E-state index is -1.89. The van der Waals surface area contributed by atoms with E-state index in [9.17, 15) is 14.7 Å². The molecule has 238 valence electrons. The highest BCUT2D eigenvalue weighted by Crippen LogP contribution is 2.42. The number of benzene rings is 3. The maximum absolute atomic E-state index is 13.7. The van der Waals surface area contributed by atoms with Crippen molar-refractivity contribution in [3.63, 3.8) is 0 Å². The van der Waals surface area contributed by atoms with Gasteiger partial charge in [-0.1, -0.05) is 91.3 Å². The Bertz CT molecular complexity index is 2090. The van der Waals surface area contributed by atoms with Gasteiger partial charge in [-0.3, -0.25) is 14.8 Å². The number of fused-ring (bicyclic) bond motifs is 1. The van der Waals surface area contributed by atoms with Crippen LogP contribution in [0, 0.1) is 6.92 Å². The van der Waals surface area contributed by atoms with Crippen LogP contribution in [0.15, 0.2) is 97.5 Å². The topological polar surface area (TPSA) is 124 Å². The monoisotopic (exact) mass is 648 g/mol. The van der Waals surface area contributed by atoms with Gasteiger partial charge >= 0.3 is 5.97 Å². The number of halogens is 1. The minimum absolute atomic E-state index is 0.0723. The number of pyridine rings is 1. The van der Waals surface area contributed by atoms with Crippen LogP contribution in [-0.2, 0) is 29.9 Å². The molecule has 11 heteroatoms. The highest BCUT2D eigenvalue weighted by Gasteiger charge is 2.42.